The van der Waals surface area contributed by atoms with Gasteiger partial charge in [-0.2, -0.15) is 0 Å². The number of hydrogen-bond acceptors (Lipinski definition) is 3. The summed E-state index contributed by atoms with van der Waals surface area (Å²) >= 11 is 0. The molecule has 1 amide bonds. The van der Waals surface area contributed by atoms with E-state index in [2.05, 4.69) is 4.90 Å². The first kappa shape index (κ1) is 16.7. The minimum Gasteiger partial charge on any atom is -0.478 e. The molecule has 1 aromatic carbocycles. The van der Waals surface area contributed by atoms with E-state index >= 15 is 0 Å². The summed E-state index contributed by atoms with van der Waals surface area (Å²) in [7, 11) is 4.02. The second kappa shape index (κ2) is 7.58. The maximum Gasteiger partial charge on any atom is 0.263 e. The van der Waals surface area contributed by atoms with Gasteiger partial charge >= 0.3 is 0 Å². The molecule has 0 spiro atoms. The van der Waals surface area contributed by atoms with Crippen LogP contribution in [-0.4, -0.2) is 55.0 Å². The van der Waals surface area contributed by atoms with Gasteiger partial charge in [-0.25, -0.2) is 4.39 Å². The van der Waals surface area contributed by atoms with Crippen molar-refractivity contribution in [3.05, 3.63) is 30.1 Å². The summed E-state index contributed by atoms with van der Waals surface area (Å²) in [5.41, 5.74) is 0. The lowest BCUT2D eigenvalue weighted by molar-refractivity contribution is -0.142. The molecule has 2 atom stereocenters. The predicted molar refractivity (Wildman–Crippen MR) is 84.4 cm³/mol. The molecule has 0 N–H and O–H groups in total. The predicted octanol–water partition coefficient (Wildman–Crippen LogP) is 2.54. The SMILES string of the molecule is C[C@@H](Oc1ccccc1F)C(=O)N1CCCC[C@H]1CN(C)C. The minimum absolute atomic E-state index is 0.0604. The van der Waals surface area contributed by atoms with Gasteiger partial charge in [-0.05, 0) is 52.4 Å². The molecule has 1 aliphatic rings. The van der Waals surface area contributed by atoms with Crippen LogP contribution in [0.5, 0.6) is 5.75 Å². The Balaban J connectivity index is 2.03. The van der Waals surface area contributed by atoms with Gasteiger partial charge in [0.25, 0.3) is 5.91 Å². The molecular formula is C17H25FN2O2. The van der Waals surface area contributed by atoms with Gasteiger partial charge in [0.05, 0.1) is 0 Å². The van der Waals surface area contributed by atoms with Crippen LogP contribution in [0.15, 0.2) is 24.3 Å². The molecule has 0 saturated carbocycles. The van der Waals surface area contributed by atoms with Gasteiger partial charge in [0, 0.05) is 19.1 Å². The highest BCUT2D eigenvalue weighted by Crippen LogP contribution is 2.21. The maximum absolute atomic E-state index is 13.6. The minimum atomic E-state index is -0.681. The summed E-state index contributed by atoms with van der Waals surface area (Å²) in [6, 6.07) is 6.40. The molecule has 122 valence electrons. The Kier molecular flexibility index (Phi) is 5.77. The number of carbonyl (C=O) groups excluding carboxylic acids is 1. The number of piperidine rings is 1. The van der Waals surface area contributed by atoms with Crippen molar-refractivity contribution in [3.8, 4) is 5.75 Å². The standard InChI is InChI=1S/C17H25FN2O2/c1-13(22-16-10-5-4-9-15(16)18)17(21)20-11-7-6-8-14(20)12-19(2)3/h4-5,9-10,13-14H,6-8,11-12H2,1-3H3/t13-,14+/m1/s1. The molecule has 1 heterocycles. The zero-order valence-corrected chi connectivity index (χ0v) is 13.6. The molecule has 1 aliphatic heterocycles. The second-order valence-corrected chi connectivity index (χ2v) is 6.13. The molecule has 0 aliphatic carbocycles. The average Bonchev–Trinajstić information content (AvgIpc) is 2.49. The van der Waals surface area contributed by atoms with Crippen LogP contribution < -0.4 is 4.74 Å². The van der Waals surface area contributed by atoms with Crippen LogP contribution >= 0.6 is 0 Å². The van der Waals surface area contributed by atoms with E-state index < -0.39 is 11.9 Å². The van der Waals surface area contributed by atoms with Crippen LogP contribution in [0.25, 0.3) is 0 Å². The Morgan fingerprint density at radius 3 is 2.82 bits per heavy atom. The first-order valence-corrected chi connectivity index (χ1v) is 7.85. The van der Waals surface area contributed by atoms with E-state index in [1.54, 1.807) is 25.1 Å². The van der Waals surface area contributed by atoms with Crippen LogP contribution in [-0.2, 0) is 4.79 Å². The molecule has 1 aromatic rings. The van der Waals surface area contributed by atoms with Crippen molar-refractivity contribution in [1.82, 2.24) is 9.80 Å². The van der Waals surface area contributed by atoms with Gasteiger partial charge in [0.15, 0.2) is 17.7 Å². The highest BCUT2D eigenvalue weighted by molar-refractivity contribution is 5.81. The third-order valence-electron chi connectivity index (χ3n) is 3.97. The van der Waals surface area contributed by atoms with Gasteiger partial charge in [0.1, 0.15) is 0 Å². The first-order chi connectivity index (χ1) is 10.5. The number of nitrogens with zero attached hydrogens (tertiary/aromatic N) is 2. The number of carbonyl (C=O) groups is 1. The number of ether oxygens (including phenoxy) is 1. The monoisotopic (exact) mass is 308 g/mol. The number of halogens is 1. The zero-order chi connectivity index (χ0) is 16.1. The lowest BCUT2D eigenvalue weighted by Crippen LogP contribution is -2.52. The Labute approximate surface area is 131 Å². The van der Waals surface area contributed by atoms with Crippen LogP contribution in [0.2, 0.25) is 0 Å². The van der Waals surface area contributed by atoms with Crippen LogP contribution in [0.1, 0.15) is 26.2 Å². The topological polar surface area (TPSA) is 32.8 Å². The molecule has 2 rings (SSSR count). The normalized spacial score (nSPS) is 20.0. The van der Waals surface area contributed by atoms with Gasteiger partial charge in [0.2, 0.25) is 0 Å². The van der Waals surface area contributed by atoms with E-state index in [0.717, 1.165) is 32.4 Å². The first-order valence-electron chi connectivity index (χ1n) is 7.85. The lowest BCUT2D eigenvalue weighted by Gasteiger charge is -2.38. The van der Waals surface area contributed by atoms with Crippen molar-refractivity contribution >= 4 is 5.91 Å². The fraction of sp³-hybridized carbons (Fsp3) is 0.588. The Morgan fingerprint density at radius 2 is 2.14 bits per heavy atom. The number of likely N-dealkylation sites (tertiary alicyclic amines) is 1. The number of amides is 1. The quantitative estimate of drug-likeness (QED) is 0.838. The van der Waals surface area contributed by atoms with Gasteiger partial charge in [-0.15, -0.1) is 0 Å². The second-order valence-electron chi connectivity index (χ2n) is 6.13. The summed E-state index contributed by atoms with van der Waals surface area (Å²) in [5.74, 6) is -0.370. The molecule has 1 fully saturated rings. The summed E-state index contributed by atoms with van der Waals surface area (Å²) in [6.07, 6.45) is 2.49. The number of rotatable bonds is 5. The van der Waals surface area contributed by atoms with E-state index in [4.69, 9.17) is 4.74 Å². The molecule has 0 bridgehead atoms. The third-order valence-corrected chi connectivity index (χ3v) is 3.97. The maximum atomic E-state index is 13.6. The van der Waals surface area contributed by atoms with E-state index in [1.807, 2.05) is 19.0 Å². The lowest BCUT2D eigenvalue weighted by atomic mass is 10.0. The number of hydrogen-bond donors (Lipinski definition) is 0. The Morgan fingerprint density at radius 1 is 1.41 bits per heavy atom. The summed E-state index contributed by atoms with van der Waals surface area (Å²) in [6.45, 7) is 3.29. The smallest absolute Gasteiger partial charge is 0.263 e. The van der Waals surface area contributed by atoms with Crippen LogP contribution in [0.4, 0.5) is 4.39 Å². The van der Waals surface area contributed by atoms with E-state index in [0.29, 0.717) is 0 Å². The molecule has 5 heteroatoms. The molecule has 22 heavy (non-hydrogen) atoms. The van der Waals surface area contributed by atoms with Crippen molar-refractivity contribution in [2.45, 2.75) is 38.3 Å². The van der Waals surface area contributed by atoms with Crippen molar-refractivity contribution in [2.24, 2.45) is 0 Å². The molecular weight excluding hydrogens is 283 g/mol. The fourth-order valence-electron chi connectivity index (χ4n) is 2.92. The zero-order valence-electron chi connectivity index (χ0n) is 13.6. The summed E-state index contributed by atoms with van der Waals surface area (Å²) < 4.78 is 19.2. The van der Waals surface area contributed by atoms with Crippen molar-refractivity contribution < 1.29 is 13.9 Å². The van der Waals surface area contributed by atoms with E-state index in [1.165, 1.54) is 6.07 Å². The highest BCUT2D eigenvalue weighted by Gasteiger charge is 2.31. The van der Waals surface area contributed by atoms with Crippen LogP contribution in [0.3, 0.4) is 0 Å². The fourth-order valence-corrected chi connectivity index (χ4v) is 2.92. The molecule has 0 aromatic heterocycles. The van der Waals surface area contributed by atoms with Crippen molar-refractivity contribution in [2.75, 3.05) is 27.2 Å². The highest BCUT2D eigenvalue weighted by atomic mass is 19.1. The van der Waals surface area contributed by atoms with E-state index in [-0.39, 0.29) is 17.7 Å². The van der Waals surface area contributed by atoms with Gasteiger partial charge in [-0.3, -0.25) is 4.79 Å². The summed E-state index contributed by atoms with van der Waals surface area (Å²) in [5, 5.41) is 0. The molecule has 4 nitrogen and oxygen atoms in total. The van der Waals surface area contributed by atoms with E-state index in [9.17, 15) is 9.18 Å². The Hall–Kier alpha value is -1.62. The van der Waals surface area contributed by atoms with Gasteiger partial charge < -0.3 is 14.5 Å². The largest absolute Gasteiger partial charge is 0.478 e. The van der Waals surface area contributed by atoms with Gasteiger partial charge in [-0.1, -0.05) is 12.1 Å². The summed E-state index contributed by atoms with van der Waals surface area (Å²) in [4.78, 5) is 16.7. The molecule has 1 saturated heterocycles. The van der Waals surface area contributed by atoms with Crippen molar-refractivity contribution in [1.29, 1.82) is 0 Å². The van der Waals surface area contributed by atoms with Crippen molar-refractivity contribution in [3.63, 3.8) is 0 Å². The number of benzene rings is 1. The number of para-hydroxylation sites is 1. The third kappa shape index (κ3) is 4.19. The van der Waals surface area contributed by atoms with Crippen LogP contribution in [0, 0.1) is 5.82 Å². The number of likely N-dealkylation sites (N-methyl/N-ethyl adjacent to an activating group) is 1. The molecule has 0 radical (unpaired) electrons. The Bertz CT molecular complexity index is 507. The molecule has 0 unspecified atom stereocenters. The average molecular weight is 308 g/mol.